The molecular formula is C31H36N4O10S2. The summed E-state index contributed by atoms with van der Waals surface area (Å²) in [6.07, 6.45) is 4.02. The predicted octanol–water partition coefficient (Wildman–Crippen LogP) is 0.516. The van der Waals surface area contributed by atoms with Gasteiger partial charge in [0.25, 0.3) is 0 Å². The number of ether oxygens (including phenoxy) is 4. The summed E-state index contributed by atoms with van der Waals surface area (Å²) in [5.74, 6) is -5.82. The van der Waals surface area contributed by atoms with E-state index in [1.807, 2.05) is 0 Å². The van der Waals surface area contributed by atoms with Gasteiger partial charge in [-0.3, -0.25) is 19.2 Å². The number of hydrogen-bond acceptors (Lipinski definition) is 14. The van der Waals surface area contributed by atoms with Crippen LogP contribution in [0.25, 0.3) is 12.2 Å². The van der Waals surface area contributed by atoms with Gasteiger partial charge >= 0.3 is 11.9 Å². The predicted molar refractivity (Wildman–Crippen MR) is 180 cm³/mol. The number of hydrogen-bond donors (Lipinski definition) is 6. The van der Waals surface area contributed by atoms with Crippen molar-refractivity contribution in [1.29, 1.82) is 0 Å². The van der Waals surface area contributed by atoms with Crippen molar-refractivity contribution in [1.82, 2.24) is 10.6 Å². The van der Waals surface area contributed by atoms with Crippen LogP contribution in [0.5, 0.6) is 23.0 Å². The molecule has 2 rings (SSSR count). The SMILES string of the molecule is [2H]C([2H])([2H])Oc1cc(/C=C/C(=O)CC(=O)/C=C/c2ccc(OC(=O)CNC(=O)[C@@H](N)CS)c(OC([2H])([2H])[2H])c2)ccc1OC(=O)CNC(=O)[C@H](N)CS. The minimum Gasteiger partial charge on any atom is -0.493 e. The molecule has 0 aliphatic rings. The third-order valence-corrected chi connectivity index (χ3v) is 6.54. The van der Waals surface area contributed by atoms with Crippen molar-refractivity contribution in [2.45, 2.75) is 18.5 Å². The number of thiol groups is 2. The summed E-state index contributed by atoms with van der Waals surface area (Å²) in [7, 11) is -5.90. The fourth-order valence-electron chi connectivity index (χ4n) is 3.32. The second kappa shape index (κ2) is 19.8. The molecule has 0 saturated heterocycles. The molecule has 47 heavy (non-hydrogen) atoms. The van der Waals surface area contributed by atoms with Crippen molar-refractivity contribution in [2.75, 3.05) is 38.7 Å². The van der Waals surface area contributed by atoms with E-state index >= 15 is 0 Å². The Morgan fingerprint density at radius 3 is 1.49 bits per heavy atom. The fraction of sp³-hybridized carbons (Fsp3) is 0.290. The molecule has 2 amide bonds. The van der Waals surface area contributed by atoms with Crippen molar-refractivity contribution in [3.05, 3.63) is 59.7 Å². The number of esters is 2. The molecular weight excluding hydrogens is 652 g/mol. The lowest BCUT2D eigenvalue weighted by molar-refractivity contribution is -0.136. The molecule has 0 heterocycles. The van der Waals surface area contributed by atoms with Crippen molar-refractivity contribution < 1.29 is 55.9 Å². The zero-order chi connectivity index (χ0) is 39.9. The van der Waals surface area contributed by atoms with Gasteiger partial charge in [0.2, 0.25) is 11.8 Å². The van der Waals surface area contributed by atoms with Gasteiger partial charge in [-0.05, 0) is 47.5 Å². The topological polar surface area (TPSA) is 215 Å². The molecule has 0 radical (unpaired) electrons. The summed E-state index contributed by atoms with van der Waals surface area (Å²) in [6, 6.07) is 5.55. The molecule has 0 saturated carbocycles. The summed E-state index contributed by atoms with van der Waals surface area (Å²) in [6.45, 7) is -1.17. The molecule has 0 aromatic heterocycles. The van der Waals surface area contributed by atoms with E-state index in [2.05, 4.69) is 35.9 Å². The minimum atomic E-state index is -2.95. The first-order valence-corrected chi connectivity index (χ1v) is 14.7. The van der Waals surface area contributed by atoms with Crippen molar-refractivity contribution >= 4 is 72.7 Å². The van der Waals surface area contributed by atoms with Crippen LogP contribution in [0.3, 0.4) is 0 Å². The summed E-state index contributed by atoms with van der Waals surface area (Å²) in [5.41, 5.74) is 11.5. The second-order valence-corrected chi connectivity index (χ2v) is 10.1. The number of nitrogens with two attached hydrogens (primary N) is 2. The summed E-state index contributed by atoms with van der Waals surface area (Å²) in [4.78, 5) is 73.0. The standard InChI is InChI=1S/C31H36N4O10S2/c1-42-26-11-18(5-9-24(26)44-28(38)14-34-30(40)22(32)16-46)3-7-20(36)13-21(37)8-4-19-6-10-25(27(12-19)43-2)45-29(39)15-35-31(41)23(33)17-47/h3-12,22-23,46-47H,13-17,32-33H2,1-2H3,(H,34,40)(H,35,41)/b7-3+,8-4+/t22-,23+/i1D3,2D3. The van der Waals surface area contributed by atoms with Gasteiger partial charge in [-0.1, -0.05) is 24.3 Å². The van der Waals surface area contributed by atoms with E-state index in [9.17, 15) is 28.8 Å². The number of rotatable bonds is 18. The van der Waals surface area contributed by atoms with Crippen LogP contribution < -0.4 is 41.0 Å². The van der Waals surface area contributed by atoms with Gasteiger partial charge in [0.1, 0.15) is 13.1 Å². The number of allylic oxidation sites excluding steroid dienone is 2. The molecule has 16 heteroatoms. The van der Waals surface area contributed by atoms with Crippen LogP contribution >= 0.6 is 25.3 Å². The Kier molecular flexibility index (Phi) is 12.5. The van der Waals surface area contributed by atoms with Crippen LogP contribution in [0.4, 0.5) is 0 Å². The van der Waals surface area contributed by atoms with Gasteiger partial charge in [0.15, 0.2) is 34.6 Å². The zero-order valence-electron chi connectivity index (χ0n) is 30.6. The Bertz CT molecular complexity index is 1610. The van der Waals surface area contributed by atoms with Crippen molar-refractivity contribution in [3.8, 4) is 23.0 Å². The van der Waals surface area contributed by atoms with E-state index in [-0.39, 0.29) is 45.6 Å². The van der Waals surface area contributed by atoms with E-state index in [0.717, 1.165) is 12.2 Å². The van der Waals surface area contributed by atoms with Crippen LogP contribution in [0, 0.1) is 0 Å². The Labute approximate surface area is 290 Å². The van der Waals surface area contributed by atoms with E-state index in [0.29, 0.717) is 0 Å². The molecule has 14 nitrogen and oxygen atoms in total. The zero-order valence-corrected chi connectivity index (χ0v) is 26.4. The number of amides is 2. The molecule has 6 N–H and O–H groups in total. The normalized spacial score (nSPS) is 14.6. The Morgan fingerprint density at radius 1 is 0.723 bits per heavy atom. The minimum absolute atomic E-state index is 0.0302. The first-order chi connectivity index (χ1) is 24.7. The molecule has 252 valence electrons. The fourth-order valence-corrected chi connectivity index (χ4v) is 3.65. The van der Waals surface area contributed by atoms with Crippen molar-refractivity contribution in [3.63, 3.8) is 0 Å². The number of ketones is 2. The van der Waals surface area contributed by atoms with Gasteiger partial charge in [-0.2, -0.15) is 25.3 Å². The lowest BCUT2D eigenvalue weighted by Crippen LogP contribution is -2.44. The highest BCUT2D eigenvalue weighted by Crippen LogP contribution is 2.29. The number of methoxy groups -OCH3 is 2. The summed E-state index contributed by atoms with van der Waals surface area (Å²) >= 11 is 7.78. The quantitative estimate of drug-likeness (QED) is 0.0414. The Hall–Kier alpha value is -4.64. The molecule has 2 atom stereocenters. The maximum atomic E-state index is 12.5. The Morgan fingerprint density at radius 2 is 1.13 bits per heavy atom. The number of carbonyl (C=O) groups excluding carboxylic acids is 6. The second-order valence-electron chi connectivity index (χ2n) is 9.35. The molecule has 2 aromatic carbocycles. The molecule has 0 aliphatic heterocycles. The highest BCUT2D eigenvalue weighted by molar-refractivity contribution is 7.80. The van der Waals surface area contributed by atoms with Crippen LogP contribution in [0.15, 0.2) is 48.6 Å². The van der Waals surface area contributed by atoms with Crippen LogP contribution in [-0.2, 0) is 28.8 Å². The number of nitrogens with one attached hydrogen (secondary N) is 2. The van der Waals surface area contributed by atoms with Gasteiger partial charge in [0, 0.05) is 11.5 Å². The smallest absolute Gasteiger partial charge is 0.330 e. The Balaban J connectivity index is 2.11. The summed E-state index contributed by atoms with van der Waals surface area (Å²) < 4.78 is 64.6. The first-order valence-electron chi connectivity index (χ1n) is 16.5. The van der Waals surface area contributed by atoms with Gasteiger partial charge in [-0.15, -0.1) is 0 Å². The van der Waals surface area contributed by atoms with Crippen LogP contribution in [-0.4, -0.2) is 86.1 Å². The van der Waals surface area contributed by atoms with E-state index in [1.165, 1.54) is 48.6 Å². The molecule has 2 aromatic rings. The average molecular weight is 695 g/mol. The van der Waals surface area contributed by atoms with Crippen LogP contribution in [0.1, 0.15) is 25.8 Å². The van der Waals surface area contributed by atoms with E-state index in [4.69, 9.17) is 38.6 Å². The molecule has 0 bridgehead atoms. The molecule has 0 fully saturated rings. The highest BCUT2D eigenvalue weighted by Gasteiger charge is 2.17. The molecule has 0 spiro atoms. The maximum absolute atomic E-state index is 12.5. The monoisotopic (exact) mass is 694 g/mol. The van der Waals surface area contributed by atoms with Crippen LogP contribution in [0.2, 0.25) is 0 Å². The average Bonchev–Trinajstić information content (AvgIpc) is 3.07. The lowest BCUT2D eigenvalue weighted by atomic mass is 10.1. The molecule has 0 unspecified atom stereocenters. The largest absolute Gasteiger partial charge is 0.493 e. The maximum Gasteiger partial charge on any atom is 0.330 e. The number of benzene rings is 2. The number of carbonyl (C=O) groups is 6. The van der Waals surface area contributed by atoms with Gasteiger partial charge in [-0.25, -0.2) is 9.59 Å². The third kappa shape index (κ3) is 13.3. The van der Waals surface area contributed by atoms with Gasteiger partial charge in [0.05, 0.1) is 40.8 Å². The first kappa shape index (κ1) is 29.7. The lowest BCUT2D eigenvalue weighted by Gasteiger charge is -2.12. The van der Waals surface area contributed by atoms with Crippen molar-refractivity contribution in [2.24, 2.45) is 11.5 Å². The van der Waals surface area contributed by atoms with Gasteiger partial charge < -0.3 is 41.0 Å². The third-order valence-electron chi connectivity index (χ3n) is 5.76. The molecule has 0 aliphatic carbocycles. The summed E-state index contributed by atoms with van der Waals surface area (Å²) in [5, 5.41) is 4.50. The highest BCUT2D eigenvalue weighted by atomic mass is 32.1. The van der Waals surface area contributed by atoms with E-state index in [1.54, 1.807) is 0 Å². The van der Waals surface area contributed by atoms with E-state index < -0.39 is 81.0 Å².